The lowest BCUT2D eigenvalue weighted by molar-refractivity contribution is 0.0681. The number of aromatic carboxylic acids is 2. The van der Waals surface area contributed by atoms with E-state index in [-0.39, 0.29) is 16.7 Å². The van der Waals surface area contributed by atoms with Gasteiger partial charge in [0, 0.05) is 6.08 Å². The second-order valence-corrected chi connectivity index (χ2v) is 2.91. The molecule has 4 N–H and O–H groups in total. The summed E-state index contributed by atoms with van der Waals surface area (Å²) in [7, 11) is 0. The van der Waals surface area contributed by atoms with Crippen LogP contribution in [0.25, 0.3) is 6.08 Å². The van der Waals surface area contributed by atoms with Gasteiger partial charge in [-0.15, -0.1) is 0 Å². The number of rotatable bonds is 3. The molecule has 6 nitrogen and oxygen atoms in total. The molecular formula is C10H8O6. The maximum atomic E-state index is 10.7. The number of carboxylic acids is 2. The lowest BCUT2D eigenvalue weighted by Crippen LogP contribution is -2.03. The number of hydrogen-bond donors (Lipinski definition) is 4. The first kappa shape index (κ1) is 11.6. The molecule has 0 heterocycles. The van der Waals surface area contributed by atoms with Gasteiger partial charge in [0.25, 0.3) is 5.95 Å². The molecule has 0 atom stereocenters. The van der Waals surface area contributed by atoms with Gasteiger partial charge < -0.3 is 20.4 Å². The first-order valence-corrected chi connectivity index (χ1v) is 4.12. The van der Waals surface area contributed by atoms with Crippen LogP contribution >= 0.6 is 0 Å². The Labute approximate surface area is 89.7 Å². The van der Waals surface area contributed by atoms with Crippen molar-refractivity contribution in [2.24, 2.45) is 0 Å². The summed E-state index contributed by atoms with van der Waals surface area (Å²) in [4.78, 5) is 21.4. The van der Waals surface area contributed by atoms with E-state index in [4.69, 9.17) is 20.4 Å². The quantitative estimate of drug-likeness (QED) is 0.578. The summed E-state index contributed by atoms with van der Waals surface area (Å²) in [5, 5.41) is 34.7. The average Bonchev–Trinajstić information content (AvgIpc) is 2.15. The third kappa shape index (κ3) is 2.50. The molecule has 0 bridgehead atoms. The Kier molecular flexibility index (Phi) is 3.14. The molecular weight excluding hydrogens is 216 g/mol. The lowest BCUT2D eigenvalue weighted by atomic mass is 10.0. The molecule has 0 aromatic heterocycles. The molecule has 1 rings (SSSR count). The van der Waals surface area contributed by atoms with Crippen molar-refractivity contribution in [2.75, 3.05) is 0 Å². The normalized spacial score (nSPS) is 9.50. The summed E-state index contributed by atoms with van der Waals surface area (Å²) in [6.45, 7) is 0. The molecule has 0 saturated heterocycles. The van der Waals surface area contributed by atoms with Crippen LogP contribution in [0.1, 0.15) is 26.3 Å². The smallest absolute Gasteiger partial charge is 0.336 e. The van der Waals surface area contributed by atoms with Gasteiger partial charge in [-0.3, -0.25) is 0 Å². The van der Waals surface area contributed by atoms with E-state index >= 15 is 0 Å². The molecule has 0 unspecified atom stereocenters. The van der Waals surface area contributed by atoms with Crippen molar-refractivity contribution in [2.45, 2.75) is 0 Å². The van der Waals surface area contributed by atoms with Crippen molar-refractivity contribution in [3.05, 3.63) is 40.8 Å². The highest BCUT2D eigenvalue weighted by atomic mass is 16.5. The van der Waals surface area contributed by atoms with Gasteiger partial charge in [0.1, 0.15) is 0 Å². The van der Waals surface area contributed by atoms with Gasteiger partial charge >= 0.3 is 11.9 Å². The van der Waals surface area contributed by atoms with Crippen LogP contribution in [0.2, 0.25) is 0 Å². The van der Waals surface area contributed by atoms with Crippen molar-refractivity contribution < 1.29 is 30.0 Å². The summed E-state index contributed by atoms with van der Waals surface area (Å²) >= 11 is 0. The van der Waals surface area contributed by atoms with Crippen molar-refractivity contribution in [3.8, 4) is 0 Å². The van der Waals surface area contributed by atoms with E-state index in [1.165, 1.54) is 0 Å². The maximum Gasteiger partial charge on any atom is 0.336 e. The summed E-state index contributed by atoms with van der Waals surface area (Å²) in [6.07, 6.45) is 0.760. The minimum absolute atomic E-state index is 0.0904. The average molecular weight is 224 g/mol. The Morgan fingerprint density at radius 2 is 1.62 bits per heavy atom. The minimum Gasteiger partial charge on any atom is -0.481 e. The highest BCUT2D eigenvalue weighted by Gasteiger charge is 2.12. The van der Waals surface area contributed by atoms with Gasteiger partial charge in [-0.05, 0) is 23.8 Å². The van der Waals surface area contributed by atoms with E-state index in [2.05, 4.69) is 0 Å². The molecule has 0 spiro atoms. The fraction of sp³-hybridized carbons (Fsp3) is 0. The molecule has 0 aliphatic carbocycles. The van der Waals surface area contributed by atoms with Crippen LogP contribution in [0.3, 0.4) is 0 Å². The first-order valence-electron chi connectivity index (χ1n) is 4.12. The minimum atomic E-state index is -1.29. The summed E-state index contributed by atoms with van der Waals surface area (Å²) < 4.78 is 0. The Bertz CT molecular complexity index is 470. The van der Waals surface area contributed by atoms with Gasteiger partial charge in [-0.1, -0.05) is 0 Å². The summed E-state index contributed by atoms with van der Waals surface area (Å²) in [6, 6.07) is 3.25. The fourth-order valence-corrected chi connectivity index (χ4v) is 1.15. The van der Waals surface area contributed by atoms with Crippen LogP contribution in [0, 0.1) is 0 Å². The molecule has 1 aromatic rings. The SMILES string of the molecule is O=C(O)c1ccc(C(=O)O)c(C=C(O)O)c1. The van der Waals surface area contributed by atoms with Crippen LogP contribution in [0.4, 0.5) is 0 Å². The van der Waals surface area contributed by atoms with E-state index in [9.17, 15) is 9.59 Å². The lowest BCUT2D eigenvalue weighted by Gasteiger charge is -2.02. The second kappa shape index (κ2) is 4.35. The van der Waals surface area contributed by atoms with E-state index in [0.29, 0.717) is 0 Å². The van der Waals surface area contributed by atoms with Crippen LogP contribution in [-0.4, -0.2) is 32.4 Å². The molecule has 84 valence electrons. The maximum absolute atomic E-state index is 10.7. The van der Waals surface area contributed by atoms with E-state index < -0.39 is 17.9 Å². The van der Waals surface area contributed by atoms with Gasteiger partial charge in [-0.25, -0.2) is 9.59 Å². The van der Waals surface area contributed by atoms with Gasteiger partial charge in [0.15, 0.2) is 0 Å². The van der Waals surface area contributed by atoms with Gasteiger partial charge in [-0.2, -0.15) is 0 Å². The number of carbonyl (C=O) groups is 2. The zero-order valence-corrected chi connectivity index (χ0v) is 7.91. The zero-order chi connectivity index (χ0) is 12.3. The molecule has 0 amide bonds. The molecule has 0 radical (unpaired) electrons. The number of aliphatic hydroxyl groups is 2. The first-order chi connectivity index (χ1) is 7.41. The number of carboxylic acid groups (broad SMARTS) is 2. The van der Waals surface area contributed by atoms with Gasteiger partial charge in [0.05, 0.1) is 11.1 Å². The molecule has 6 heteroatoms. The van der Waals surface area contributed by atoms with Gasteiger partial charge in [0.2, 0.25) is 0 Å². The van der Waals surface area contributed by atoms with Crippen LogP contribution in [-0.2, 0) is 0 Å². The molecule has 1 aromatic carbocycles. The zero-order valence-electron chi connectivity index (χ0n) is 7.91. The number of benzene rings is 1. The summed E-state index contributed by atoms with van der Waals surface area (Å²) in [5.74, 6) is -3.61. The Morgan fingerprint density at radius 1 is 1.00 bits per heavy atom. The molecule has 0 aliphatic rings. The van der Waals surface area contributed by atoms with E-state index in [0.717, 1.165) is 24.3 Å². The Hall–Kier alpha value is -2.50. The fourth-order valence-electron chi connectivity index (χ4n) is 1.15. The van der Waals surface area contributed by atoms with Crippen molar-refractivity contribution in [3.63, 3.8) is 0 Å². The second-order valence-electron chi connectivity index (χ2n) is 2.91. The molecule has 0 aliphatic heterocycles. The third-order valence-corrected chi connectivity index (χ3v) is 1.81. The molecule has 0 saturated carbocycles. The van der Waals surface area contributed by atoms with Crippen molar-refractivity contribution in [1.82, 2.24) is 0 Å². The van der Waals surface area contributed by atoms with Crippen LogP contribution in [0.5, 0.6) is 0 Å². The van der Waals surface area contributed by atoms with E-state index in [1.54, 1.807) is 0 Å². The predicted octanol–water partition coefficient (Wildman–Crippen LogP) is 1.50. The van der Waals surface area contributed by atoms with Crippen LogP contribution < -0.4 is 0 Å². The standard InChI is InChI=1S/C10H8O6/c11-8(12)4-6-3-5(9(13)14)1-2-7(6)10(15)16/h1-4,11-12H,(H,13,14)(H,15,16). The highest BCUT2D eigenvalue weighted by Crippen LogP contribution is 2.15. The van der Waals surface area contributed by atoms with E-state index in [1.807, 2.05) is 0 Å². The number of hydrogen-bond acceptors (Lipinski definition) is 4. The van der Waals surface area contributed by atoms with Crippen molar-refractivity contribution in [1.29, 1.82) is 0 Å². The molecule has 16 heavy (non-hydrogen) atoms. The number of aliphatic hydroxyl groups excluding tert-OH is 1. The largest absolute Gasteiger partial charge is 0.481 e. The molecule has 0 fully saturated rings. The topological polar surface area (TPSA) is 115 Å². The highest BCUT2D eigenvalue weighted by molar-refractivity contribution is 5.95. The van der Waals surface area contributed by atoms with Crippen molar-refractivity contribution >= 4 is 18.0 Å². The third-order valence-electron chi connectivity index (χ3n) is 1.81. The van der Waals surface area contributed by atoms with Crippen LogP contribution in [0.15, 0.2) is 24.1 Å². The Morgan fingerprint density at radius 3 is 2.06 bits per heavy atom. The predicted molar refractivity (Wildman–Crippen MR) is 53.6 cm³/mol. The monoisotopic (exact) mass is 224 g/mol. The Balaban J connectivity index is 3.38. The summed E-state index contributed by atoms with van der Waals surface area (Å²) in [5.41, 5.74) is -0.449.